The molecule has 1 unspecified atom stereocenters. The lowest BCUT2D eigenvalue weighted by atomic mass is 10.0. The predicted molar refractivity (Wildman–Crippen MR) is 79.1 cm³/mol. The third kappa shape index (κ3) is 2.77. The van der Waals surface area contributed by atoms with Gasteiger partial charge in [0.05, 0.1) is 5.52 Å². The molecule has 1 atom stereocenters. The van der Waals surface area contributed by atoms with E-state index in [2.05, 4.69) is 46.5 Å². The number of hydrogen-bond donors (Lipinski definition) is 1. The first-order valence-electron chi connectivity index (χ1n) is 7.08. The van der Waals surface area contributed by atoms with Gasteiger partial charge in [0.25, 0.3) is 0 Å². The van der Waals surface area contributed by atoms with Crippen LogP contribution in [0.2, 0.25) is 0 Å². The van der Waals surface area contributed by atoms with Gasteiger partial charge in [-0.2, -0.15) is 0 Å². The van der Waals surface area contributed by atoms with Crippen molar-refractivity contribution >= 4 is 10.9 Å². The first-order chi connectivity index (χ1) is 9.34. The second kappa shape index (κ2) is 5.68. The van der Waals surface area contributed by atoms with Gasteiger partial charge in [0.15, 0.2) is 0 Å². The van der Waals surface area contributed by atoms with Crippen molar-refractivity contribution in [3.63, 3.8) is 0 Å². The Balaban J connectivity index is 1.80. The quantitative estimate of drug-likeness (QED) is 0.913. The Morgan fingerprint density at radius 3 is 3.05 bits per heavy atom. The number of hydrogen-bond acceptors (Lipinski definition) is 3. The van der Waals surface area contributed by atoms with Crippen LogP contribution >= 0.6 is 0 Å². The number of aromatic nitrogens is 1. The number of likely N-dealkylation sites (N-methyl/N-ethyl adjacent to an activating group) is 1. The maximum absolute atomic E-state index is 4.54. The van der Waals surface area contributed by atoms with Gasteiger partial charge >= 0.3 is 0 Å². The second-order valence-electron chi connectivity index (χ2n) is 5.41. The molecule has 0 amide bonds. The molecule has 1 fully saturated rings. The molecule has 3 heteroatoms. The Morgan fingerprint density at radius 1 is 1.32 bits per heavy atom. The van der Waals surface area contributed by atoms with Crippen LogP contribution < -0.4 is 5.32 Å². The van der Waals surface area contributed by atoms with Gasteiger partial charge in [-0.3, -0.25) is 9.88 Å². The second-order valence-corrected chi connectivity index (χ2v) is 5.41. The first kappa shape index (κ1) is 12.6. The van der Waals surface area contributed by atoms with E-state index in [1.54, 1.807) is 0 Å². The molecule has 1 aromatic carbocycles. The zero-order chi connectivity index (χ0) is 13.1. The van der Waals surface area contributed by atoms with Gasteiger partial charge in [-0.05, 0) is 38.1 Å². The van der Waals surface area contributed by atoms with Gasteiger partial charge in [-0.25, -0.2) is 0 Å². The summed E-state index contributed by atoms with van der Waals surface area (Å²) >= 11 is 0. The van der Waals surface area contributed by atoms with Crippen LogP contribution in [0, 0.1) is 0 Å². The van der Waals surface area contributed by atoms with Gasteiger partial charge in [-0.15, -0.1) is 0 Å². The first-order valence-corrected chi connectivity index (χ1v) is 7.08. The fraction of sp³-hybridized carbons (Fsp3) is 0.438. The number of nitrogens with one attached hydrogen (secondary N) is 1. The summed E-state index contributed by atoms with van der Waals surface area (Å²) in [5.41, 5.74) is 2.46. The summed E-state index contributed by atoms with van der Waals surface area (Å²) in [6, 6.07) is 11.2. The van der Waals surface area contributed by atoms with Crippen molar-refractivity contribution in [2.75, 3.05) is 20.1 Å². The molecule has 1 saturated heterocycles. The van der Waals surface area contributed by atoms with Gasteiger partial charge < -0.3 is 5.32 Å². The molecule has 1 aliphatic heterocycles. The van der Waals surface area contributed by atoms with E-state index in [0.717, 1.165) is 18.6 Å². The number of piperidine rings is 1. The van der Waals surface area contributed by atoms with Crippen LogP contribution in [0.3, 0.4) is 0 Å². The Labute approximate surface area is 114 Å². The molecule has 19 heavy (non-hydrogen) atoms. The minimum absolute atomic E-state index is 0.646. The van der Waals surface area contributed by atoms with Crippen molar-refractivity contribution in [2.24, 2.45) is 0 Å². The minimum Gasteiger partial charge on any atom is -0.315 e. The van der Waals surface area contributed by atoms with Crippen LogP contribution in [0.1, 0.15) is 18.4 Å². The van der Waals surface area contributed by atoms with Gasteiger partial charge in [-0.1, -0.05) is 24.3 Å². The molecule has 2 heterocycles. The molecular formula is C16H21N3. The van der Waals surface area contributed by atoms with E-state index in [0.29, 0.717) is 6.04 Å². The lowest BCUT2D eigenvalue weighted by Crippen LogP contribution is -2.43. The Morgan fingerprint density at radius 2 is 2.21 bits per heavy atom. The van der Waals surface area contributed by atoms with E-state index in [4.69, 9.17) is 0 Å². The number of para-hydroxylation sites is 1. The van der Waals surface area contributed by atoms with E-state index in [9.17, 15) is 0 Å². The average molecular weight is 255 g/mol. The molecule has 3 rings (SSSR count). The van der Waals surface area contributed by atoms with Crippen molar-refractivity contribution in [2.45, 2.75) is 25.4 Å². The molecule has 1 aliphatic rings. The van der Waals surface area contributed by atoms with Crippen molar-refractivity contribution in [3.05, 3.63) is 42.1 Å². The molecule has 1 N–H and O–H groups in total. The molecule has 0 radical (unpaired) electrons. The van der Waals surface area contributed by atoms with Crippen molar-refractivity contribution < 1.29 is 0 Å². The van der Waals surface area contributed by atoms with Crippen molar-refractivity contribution in [1.29, 1.82) is 0 Å². The number of pyridine rings is 1. The molecule has 0 spiro atoms. The monoisotopic (exact) mass is 255 g/mol. The highest BCUT2D eigenvalue weighted by Crippen LogP contribution is 2.19. The fourth-order valence-electron chi connectivity index (χ4n) is 2.90. The Hall–Kier alpha value is -1.45. The minimum atomic E-state index is 0.646. The van der Waals surface area contributed by atoms with Crippen molar-refractivity contribution in [1.82, 2.24) is 15.2 Å². The van der Waals surface area contributed by atoms with Crippen LogP contribution in [-0.2, 0) is 6.54 Å². The van der Waals surface area contributed by atoms with Crippen LogP contribution in [0.4, 0.5) is 0 Å². The van der Waals surface area contributed by atoms with Crippen LogP contribution in [0.25, 0.3) is 10.9 Å². The summed E-state index contributed by atoms with van der Waals surface area (Å²) < 4.78 is 0. The summed E-state index contributed by atoms with van der Waals surface area (Å²) in [4.78, 5) is 6.99. The lowest BCUT2D eigenvalue weighted by molar-refractivity contribution is 0.196. The molecule has 3 nitrogen and oxygen atoms in total. The van der Waals surface area contributed by atoms with E-state index >= 15 is 0 Å². The summed E-state index contributed by atoms with van der Waals surface area (Å²) in [5.74, 6) is 0. The van der Waals surface area contributed by atoms with E-state index in [1.165, 1.54) is 30.3 Å². The number of fused-ring (bicyclic) bond motifs is 1. The largest absolute Gasteiger partial charge is 0.315 e. The molecule has 1 aromatic heterocycles. The van der Waals surface area contributed by atoms with E-state index in [1.807, 2.05) is 12.3 Å². The fourth-order valence-corrected chi connectivity index (χ4v) is 2.90. The van der Waals surface area contributed by atoms with Crippen LogP contribution in [0.15, 0.2) is 36.5 Å². The van der Waals surface area contributed by atoms with Gasteiger partial charge in [0, 0.05) is 30.7 Å². The van der Waals surface area contributed by atoms with Crippen molar-refractivity contribution in [3.8, 4) is 0 Å². The van der Waals surface area contributed by atoms with E-state index in [-0.39, 0.29) is 0 Å². The summed E-state index contributed by atoms with van der Waals surface area (Å²) in [6.45, 7) is 3.25. The van der Waals surface area contributed by atoms with Gasteiger partial charge in [0.1, 0.15) is 0 Å². The molecular weight excluding hydrogens is 234 g/mol. The highest BCUT2D eigenvalue weighted by atomic mass is 15.2. The zero-order valence-corrected chi connectivity index (χ0v) is 11.5. The lowest BCUT2D eigenvalue weighted by Gasteiger charge is -2.31. The average Bonchev–Trinajstić information content (AvgIpc) is 2.48. The third-order valence-corrected chi connectivity index (χ3v) is 4.03. The van der Waals surface area contributed by atoms with Crippen LogP contribution in [0.5, 0.6) is 0 Å². The standard InChI is InChI=1S/C16H21N3/c1-19(15-8-4-9-17-11-15)12-14-6-2-5-13-7-3-10-18-16(13)14/h2-3,5-7,10,15,17H,4,8-9,11-12H2,1H3. The topological polar surface area (TPSA) is 28.2 Å². The molecule has 2 aromatic rings. The van der Waals surface area contributed by atoms with E-state index < -0.39 is 0 Å². The summed E-state index contributed by atoms with van der Waals surface area (Å²) in [5, 5.41) is 4.71. The molecule has 0 saturated carbocycles. The maximum atomic E-state index is 4.54. The normalized spacial score (nSPS) is 20.0. The third-order valence-electron chi connectivity index (χ3n) is 4.03. The molecule has 0 bridgehead atoms. The highest BCUT2D eigenvalue weighted by molar-refractivity contribution is 5.81. The molecule has 100 valence electrons. The predicted octanol–water partition coefficient (Wildman–Crippen LogP) is 2.42. The summed E-state index contributed by atoms with van der Waals surface area (Å²) in [7, 11) is 2.22. The maximum Gasteiger partial charge on any atom is 0.0746 e. The molecule has 0 aliphatic carbocycles. The van der Waals surface area contributed by atoms with Crippen LogP contribution in [-0.4, -0.2) is 36.1 Å². The zero-order valence-electron chi connectivity index (χ0n) is 11.5. The number of nitrogens with zero attached hydrogens (tertiary/aromatic N) is 2. The Bertz CT molecular complexity index is 541. The smallest absolute Gasteiger partial charge is 0.0746 e. The Kier molecular flexibility index (Phi) is 3.76. The van der Waals surface area contributed by atoms with Gasteiger partial charge in [0.2, 0.25) is 0 Å². The summed E-state index contributed by atoms with van der Waals surface area (Å²) in [6.07, 6.45) is 4.46. The SMILES string of the molecule is CN(Cc1cccc2cccnc12)C1CCCNC1. The number of benzene rings is 1. The highest BCUT2D eigenvalue weighted by Gasteiger charge is 2.18. The number of rotatable bonds is 3.